The second-order valence-electron chi connectivity index (χ2n) is 4.34. The third kappa shape index (κ3) is 3.46. The van der Waals surface area contributed by atoms with Gasteiger partial charge in [-0.1, -0.05) is 29.8 Å². The monoisotopic (exact) mass is 295 g/mol. The Morgan fingerprint density at radius 3 is 2.55 bits per heavy atom. The molecule has 0 aliphatic heterocycles. The Balaban J connectivity index is 2.23. The van der Waals surface area contributed by atoms with E-state index < -0.39 is 5.97 Å². The Hall–Kier alpha value is -1.66. The summed E-state index contributed by atoms with van der Waals surface area (Å²) in [6.07, 6.45) is 1.46. The van der Waals surface area contributed by atoms with Crippen LogP contribution in [0, 0.1) is 6.92 Å². The van der Waals surface area contributed by atoms with Gasteiger partial charge in [0.1, 0.15) is 17.5 Å². The Bertz CT molecular complexity index is 593. The van der Waals surface area contributed by atoms with E-state index in [1.807, 2.05) is 0 Å². The second kappa shape index (κ2) is 5.76. The average molecular weight is 296 g/mol. The molecule has 0 aliphatic carbocycles. The summed E-state index contributed by atoms with van der Waals surface area (Å²) in [5, 5.41) is 28.4. The van der Waals surface area contributed by atoms with E-state index in [2.05, 4.69) is 4.98 Å². The molecule has 20 heavy (non-hydrogen) atoms. The van der Waals surface area contributed by atoms with Gasteiger partial charge in [0.15, 0.2) is 0 Å². The van der Waals surface area contributed by atoms with Crippen LogP contribution in [0.25, 0.3) is 0 Å². The number of pyridine rings is 1. The zero-order chi connectivity index (χ0) is 14.8. The lowest BCUT2D eigenvalue weighted by molar-refractivity contribution is -0.324. The third-order valence-corrected chi connectivity index (χ3v) is 3.08. The van der Waals surface area contributed by atoms with Crippen molar-refractivity contribution in [3.05, 3.63) is 58.4 Å². The molecule has 0 unspecified atom stereocenters. The summed E-state index contributed by atoms with van der Waals surface area (Å²) in [5.74, 6) is -2.41. The van der Waals surface area contributed by atoms with E-state index in [0.29, 0.717) is 16.5 Å². The van der Waals surface area contributed by atoms with Gasteiger partial charge in [0, 0.05) is 11.1 Å². The van der Waals surface area contributed by atoms with Crippen molar-refractivity contribution in [3.63, 3.8) is 0 Å². The first-order valence-electron chi connectivity index (χ1n) is 5.88. The van der Waals surface area contributed by atoms with Crippen LogP contribution >= 0.6 is 11.6 Å². The standard InChI is InChI=1S/C14H14ClNO4/c1-9-3-2-4-12(14(17,18)19)11(9)8-20-10-5-6-13(15)16-7-10/h2-7,17-19H,8H2,1H3. The van der Waals surface area contributed by atoms with Crippen molar-refractivity contribution in [1.82, 2.24) is 4.98 Å². The fraction of sp³-hybridized carbons (Fsp3) is 0.214. The molecule has 0 aliphatic rings. The lowest BCUT2D eigenvalue weighted by Crippen LogP contribution is -2.26. The number of aliphatic hydroxyl groups is 3. The molecular weight excluding hydrogens is 282 g/mol. The molecule has 0 amide bonds. The van der Waals surface area contributed by atoms with E-state index in [9.17, 15) is 15.3 Å². The van der Waals surface area contributed by atoms with Crippen LogP contribution in [0.5, 0.6) is 5.75 Å². The number of nitrogens with zero attached hydrogens (tertiary/aromatic N) is 1. The highest BCUT2D eigenvalue weighted by Crippen LogP contribution is 2.24. The van der Waals surface area contributed by atoms with Gasteiger partial charge < -0.3 is 20.1 Å². The minimum Gasteiger partial charge on any atom is -0.487 e. The van der Waals surface area contributed by atoms with Crippen molar-refractivity contribution in [3.8, 4) is 5.75 Å². The minimum atomic E-state index is -2.90. The molecule has 0 saturated carbocycles. The molecule has 1 aromatic carbocycles. The van der Waals surface area contributed by atoms with Gasteiger partial charge in [0.25, 0.3) is 0 Å². The molecule has 5 nitrogen and oxygen atoms in total. The Kier molecular flexibility index (Phi) is 4.25. The summed E-state index contributed by atoms with van der Waals surface area (Å²) in [7, 11) is 0. The molecule has 0 saturated heterocycles. The van der Waals surface area contributed by atoms with Crippen molar-refractivity contribution < 1.29 is 20.1 Å². The molecule has 2 aromatic rings. The highest BCUT2D eigenvalue weighted by atomic mass is 35.5. The van der Waals surface area contributed by atoms with Crippen molar-refractivity contribution in [2.75, 3.05) is 0 Å². The maximum Gasteiger partial charge on any atom is 0.304 e. The van der Waals surface area contributed by atoms with Crippen LogP contribution in [-0.4, -0.2) is 20.3 Å². The first kappa shape index (κ1) is 14.7. The van der Waals surface area contributed by atoms with E-state index >= 15 is 0 Å². The number of benzene rings is 1. The van der Waals surface area contributed by atoms with E-state index in [0.717, 1.165) is 5.56 Å². The number of aryl methyl sites for hydroxylation is 1. The molecular formula is C14H14ClNO4. The summed E-state index contributed by atoms with van der Waals surface area (Å²) < 4.78 is 5.51. The van der Waals surface area contributed by atoms with Crippen LogP contribution < -0.4 is 4.74 Å². The maximum atomic E-state index is 9.35. The summed E-state index contributed by atoms with van der Waals surface area (Å²) in [6.45, 7) is 1.85. The van der Waals surface area contributed by atoms with Gasteiger partial charge in [-0.05, 0) is 24.6 Å². The van der Waals surface area contributed by atoms with Crippen molar-refractivity contribution in [1.29, 1.82) is 0 Å². The second-order valence-corrected chi connectivity index (χ2v) is 4.73. The zero-order valence-corrected chi connectivity index (χ0v) is 11.5. The third-order valence-electron chi connectivity index (χ3n) is 2.86. The predicted molar refractivity (Wildman–Crippen MR) is 73.1 cm³/mol. The van der Waals surface area contributed by atoms with Gasteiger partial charge in [-0.3, -0.25) is 0 Å². The number of ether oxygens (including phenoxy) is 1. The van der Waals surface area contributed by atoms with Gasteiger partial charge in [0.05, 0.1) is 6.20 Å². The molecule has 3 N–H and O–H groups in total. The van der Waals surface area contributed by atoms with Crippen LogP contribution in [0.3, 0.4) is 0 Å². The highest BCUT2D eigenvalue weighted by Gasteiger charge is 2.26. The summed E-state index contributed by atoms with van der Waals surface area (Å²) in [4.78, 5) is 3.88. The molecule has 2 rings (SSSR count). The molecule has 1 heterocycles. The molecule has 1 aromatic heterocycles. The molecule has 6 heteroatoms. The fourth-order valence-electron chi connectivity index (χ4n) is 1.81. The van der Waals surface area contributed by atoms with Crippen LogP contribution in [0.2, 0.25) is 5.15 Å². The quantitative estimate of drug-likeness (QED) is 0.591. The Labute approximate surface area is 121 Å². The summed E-state index contributed by atoms with van der Waals surface area (Å²) in [6, 6.07) is 8.07. The lowest BCUT2D eigenvalue weighted by atomic mass is 10.0. The van der Waals surface area contributed by atoms with Crippen molar-refractivity contribution in [2.24, 2.45) is 0 Å². The normalized spacial score (nSPS) is 11.4. The first-order chi connectivity index (χ1) is 9.38. The number of halogens is 1. The minimum absolute atomic E-state index is 0.0144. The zero-order valence-electron chi connectivity index (χ0n) is 10.7. The molecule has 0 radical (unpaired) electrons. The average Bonchev–Trinajstić information content (AvgIpc) is 2.38. The van der Waals surface area contributed by atoms with Crippen molar-refractivity contribution >= 4 is 11.6 Å². The maximum absolute atomic E-state index is 9.35. The van der Waals surface area contributed by atoms with E-state index in [4.69, 9.17) is 16.3 Å². The SMILES string of the molecule is Cc1cccc(C(O)(O)O)c1COc1ccc(Cl)nc1. The van der Waals surface area contributed by atoms with E-state index in [-0.39, 0.29) is 12.2 Å². The molecule has 0 fully saturated rings. The summed E-state index contributed by atoms with van der Waals surface area (Å²) in [5.41, 5.74) is 1.25. The molecule has 0 spiro atoms. The van der Waals surface area contributed by atoms with Crippen LogP contribution in [0.4, 0.5) is 0 Å². The van der Waals surface area contributed by atoms with Crippen LogP contribution in [0.15, 0.2) is 36.5 Å². The number of hydrogen-bond acceptors (Lipinski definition) is 5. The van der Waals surface area contributed by atoms with E-state index in [1.54, 1.807) is 31.2 Å². The Morgan fingerprint density at radius 2 is 1.95 bits per heavy atom. The molecule has 0 bridgehead atoms. The fourth-order valence-corrected chi connectivity index (χ4v) is 1.92. The van der Waals surface area contributed by atoms with Gasteiger partial charge in [-0.25, -0.2) is 4.98 Å². The van der Waals surface area contributed by atoms with Crippen LogP contribution in [-0.2, 0) is 12.6 Å². The number of hydrogen-bond donors (Lipinski definition) is 3. The Morgan fingerprint density at radius 1 is 1.20 bits per heavy atom. The van der Waals surface area contributed by atoms with Gasteiger partial charge in [-0.15, -0.1) is 0 Å². The highest BCUT2D eigenvalue weighted by molar-refractivity contribution is 6.29. The largest absolute Gasteiger partial charge is 0.487 e. The van der Waals surface area contributed by atoms with Gasteiger partial charge in [-0.2, -0.15) is 0 Å². The smallest absolute Gasteiger partial charge is 0.304 e. The first-order valence-corrected chi connectivity index (χ1v) is 6.26. The van der Waals surface area contributed by atoms with E-state index in [1.165, 1.54) is 12.3 Å². The lowest BCUT2D eigenvalue weighted by Gasteiger charge is -2.20. The van der Waals surface area contributed by atoms with Gasteiger partial charge in [0.2, 0.25) is 0 Å². The summed E-state index contributed by atoms with van der Waals surface area (Å²) >= 11 is 5.67. The number of aromatic nitrogens is 1. The molecule has 106 valence electrons. The predicted octanol–water partition coefficient (Wildman–Crippen LogP) is 1.71. The molecule has 0 atom stereocenters. The van der Waals surface area contributed by atoms with Gasteiger partial charge >= 0.3 is 5.97 Å². The number of rotatable bonds is 4. The van der Waals surface area contributed by atoms with Crippen LogP contribution in [0.1, 0.15) is 16.7 Å². The van der Waals surface area contributed by atoms with Crippen molar-refractivity contribution in [2.45, 2.75) is 19.5 Å². The topological polar surface area (TPSA) is 82.8 Å².